The highest BCUT2D eigenvalue weighted by Gasteiger charge is 2.45. The molecule has 0 aliphatic carbocycles. The van der Waals surface area contributed by atoms with Crippen LogP contribution in [0.1, 0.15) is 30.6 Å². The topological polar surface area (TPSA) is 72.8 Å². The fourth-order valence-electron chi connectivity index (χ4n) is 2.14. The zero-order valence-corrected chi connectivity index (χ0v) is 12.1. The number of hydrogen-bond acceptors (Lipinski definition) is 5. The molecule has 2 rings (SSSR count). The summed E-state index contributed by atoms with van der Waals surface area (Å²) in [6, 6.07) is 8.53. The number of rotatable bonds is 4. The van der Waals surface area contributed by atoms with Crippen LogP contribution in [0.2, 0.25) is 0 Å². The predicted molar refractivity (Wildman–Crippen MR) is 75.6 cm³/mol. The highest BCUT2D eigenvalue weighted by atomic mass is 16.6. The van der Waals surface area contributed by atoms with E-state index in [-0.39, 0.29) is 13.0 Å². The lowest BCUT2D eigenvalue weighted by Gasteiger charge is -2.24. The number of aliphatic hydroxyl groups excluding tert-OH is 1. The van der Waals surface area contributed by atoms with Crippen LogP contribution in [0.5, 0.6) is 0 Å². The van der Waals surface area contributed by atoms with Crippen molar-refractivity contribution in [2.24, 2.45) is 0 Å². The summed E-state index contributed by atoms with van der Waals surface area (Å²) in [6.07, 6.45) is 0.243. The van der Waals surface area contributed by atoms with Gasteiger partial charge in [0.05, 0.1) is 12.2 Å². The number of carbonyl (C=O) groups is 2. The first-order valence-corrected chi connectivity index (χ1v) is 6.70. The lowest BCUT2D eigenvalue weighted by Crippen LogP contribution is -2.39. The Kier molecular flexibility index (Phi) is 4.43. The standard InChI is InChI=1S/C16H18O5/c1-11(2)13-8-16(9-17,21-15(13)19)10-20-14(18)12-6-4-3-5-7-12/h3-7,17H,8-10H2,1-2H3. The van der Waals surface area contributed by atoms with Gasteiger partial charge in [0.1, 0.15) is 6.61 Å². The van der Waals surface area contributed by atoms with Gasteiger partial charge in [-0.2, -0.15) is 0 Å². The number of cyclic esters (lactones) is 1. The van der Waals surface area contributed by atoms with Crippen molar-refractivity contribution in [2.75, 3.05) is 13.2 Å². The van der Waals surface area contributed by atoms with Gasteiger partial charge in [0.2, 0.25) is 0 Å². The third kappa shape index (κ3) is 3.31. The Balaban J connectivity index is 2.06. The molecule has 1 atom stereocenters. The Morgan fingerprint density at radius 2 is 2.00 bits per heavy atom. The molecule has 112 valence electrons. The molecular weight excluding hydrogens is 272 g/mol. The fourth-order valence-corrected chi connectivity index (χ4v) is 2.14. The monoisotopic (exact) mass is 290 g/mol. The second kappa shape index (κ2) is 6.10. The maximum absolute atomic E-state index is 11.9. The summed E-state index contributed by atoms with van der Waals surface area (Å²) in [7, 11) is 0. The molecule has 0 amide bonds. The lowest BCUT2D eigenvalue weighted by atomic mass is 9.97. The van der Waals surface area contributed by atoms with Gasteiger partial charge in [-0.05, 0) is 26.0 Å². The van der Waals surface area contributed by atoms with Gasteiger partial charge in [-0.25, -0.2) is 9.59 Å². The molecule has 1 unspecified atom stereocenters. The Labute approximate surface area is 123 Å². The summed E-state index contributed by atoms with van der Waals surface area (Å²) >= 11 is 0. The van der Waals surface area contributed by atoms with Crippen molar-refractivity contribution in [3.8, 4) is 0 Å². The summed E-state index contributed by atoms with van der Waals surface area (Å²) in [5, 5.41) is 9.53. The van der Waals surface area contributed by atoms with Crippen molar-refractivity contribution in [2.45, 2.75) is 25.9 Å². The molecule has 1 saturated heterocycles. The predicted octanol–water partition coefficient (Wildman–Crippen LogP) is 1.86. The van der Waals surface area contributed by atoms with Crippen LogP contribution < -0.4 is 0 Å². The van der Waals surface area contributed by atoms with Crippen molar-refractivity contribution in [3.63, 3.8) is 0 Å². The SMILES string of the molecule is CC(C)=C1CC(CO)(COC(=O)c2ccccc2)OC1=O. The molecule has 0 spiro atoms. The van der Waals surface area contributed by atoms with Gasteiger partial charge in [0.25, 0.3) is 0 Å². The Bertz CT molecular complexity index is 572. The van der Waals surface area contributed by atoms with Crippen LogP contribution in [0, 0.1) is 0 Å². The van der Waals surface area contributed by atoms with Gasteiger partial charge in [0, 0.05) is 12.0 Å². The van der Waals surface area contributed by atoms with E-state index < -0.39 is 24.1 Å². The zero-order valence-electron chi connectivity index (χ0n) is 12.1. The van der Waals surface area contributed by atoms with Crippen molar-refractivity contribution in [3.05, 3.63) is 47.0 Å². The van der Waals surface area contributed by atoms with Gasteiger partial charge in [-0.15, -0.1) is 0 Å². The molecule has 1 aromatic rings. The summed E-state index contributed by atoms with van der Waals surface area (Å²) in [5.41, 5.74) is 0.607. The van der Waals surface area contributed by atoms with E-state index >= 15 is 0 Å². The van der Waals surface area contributed by atoms with Gasteiger partial charge in [-0.1, -0.05) is 23.8 Å². The van der Waals surface area contributed by atoms with Crippen LogP contribution in [0.15, 0.2) is 41.5 Å². The number of aliphatic hydroxyl groups is 1. The molecule has 0 aromatic heterocycles. The van der Waals surface area contributed by atoms with Crippen molar-refractivity contribution >= 4 is 11.9 Å². The summed E-state index contributed by atoms with van der Waals surface area (Å²) < 4.78 is 10.4. The smallest absolute Gasteiger partial charge is 0.338 e. The number of esters is 2. The van der Waals surface area contributed by atoms with Crippen LogP contribution in [0.3, 0.4) is 0 Å². The molecule has 1 heterocycles. The first-order valence-electron chi connectivity index (χ1n) is 6.70. The van der Waals surface area contributed by atoms with Gasteiger partial charge < -0.3 is 14.6 Å². The summed E-state index contributed by atoms with van der Waals surface area (Å²) in [5.74, 6) is -0.968. The molecule has 1 aliphatic rings. The Hall–Kier alpha value is -2.14. The largest absolute Gasteiger partial charge is 0.458 e. The van der Waals surface area contributed by atoms with E-state index in [1.165, 1.54) is 0 Å². The van der Waals surface area contributed by atoms with Crippen LogP contribution in [0.4, 0.5) is 0 Å². The van der Waals surface area contributed by atoms with E-state index in [0.29, 0.717) is 11.1 Å². The first kappa shape index (κ1) is 15.3. The van der Waals surface area contributed by atoms with Gasteiger partial charge in [-0.3, -0.25) is 0 Å². The Morgan fingerprint density at radius 1 is 1.33 bits per heavy atom. The number of hydrogen-bond donors (Lipinski definition) is 1. The average Bonchev–Trinajstić information content (AvgIpc) is 2.84. The second-order valence-electron chi connectivity index (χ2n) is 5.33. The van der Waals surface area contributed by atoms with Crippen LogP contribution in [0.25, 0.3) is 0 Å². The Morgan fingerprint density at radius 3 is 2.52 bits per heavy atom. The van der Waals surface area contributed by atoms with E-state index in [2.05, 4.69) is 0 Å². The number of carbonyl (C=O) groups excluding carboxylic acids is 2. The molecule has 1 fully saturated rings. The molecule has 1 aliphatic heterocycles. The summed E-state index contributed by atoms with van der Waals surface area (Å²) in [6.45, 7) is 3.05. The minimum atomic E-state index is -1.17. The van der Waals surface area contributed by atoms with E-state index in [4.69, 9.17) is 9.47 Å². The van der Waals surface area contributed by atoms with Crippen molar-refractivity contribution in [1.82, 2.24) is 0 Å². The molecule has 0 bridgehead atoms. The third-order valence-corrected chi connectivity index (χ3v) is 3.42. The molecule has 21 heavy (non-hydrogen) atoms. The highest BCUT2D eigenvalue weighted by molar-refractivity contribution is 5.92. The van der Waals surface area contributed by atoms with Gasteiger partial charge in [0.15, 0.2) is 5.60 Å². The maximum atomic E-state index is 11.9. The van der Waals surface area contributed by atoms with Crippen LogP contribution >= 0.6 is 0 Å². The fraction of sp³-hybridized carbons (Fsp3) is 0.375. The minimum Gasteiger partial charge on any atom is -0.458 e. The highest BCUT2D eigenvalue weighted by Crippen LogP contribution is 2.32. The molecule has 5 nitrogen and oxygen atoms in total. The van der Waals surface area contributed by atoms with E-state index in [1.54, 1.807) is 44.2 Å². The number of allylic oxidation sites excluding steroid dienone is 1. The van der Waals surface area contributed by atoms with E-state index in [0.717, 1.165) is 5.57 Å². The molecule has 1 aromatic carbocycles. The molecule has 1 N–H and O–H groups in total. The summed E-state index contributed by atoms with van der Waals surface area (Å²) in [4.78, 5) is 23.7. The van der Waals surface area contributed by atoms with Crippen LogP contribution in [-0.4, -0.2) is 35.9 Å². The lowest BCUT2D eigenvalue weighted by molar-refractivity contribution is -0.154. The normalized spacial score (nSPS) is 21.1. The van der Waals surface area contributed by atoms with Crippen LogP contribution in [-0.2, 0) is 14.3 Å². The number of benzene rings is 1. The average molecular weight is 290 g/mol. The van der Waals surface area contributed by atoms with E-state index in [1.807, 2.05) is 0 Å². The van der Waals surface area contributed by atoms with Gasteiger partial charge >= 0.3 is 11.9 Å². The molecule has 0 saturated carbocycles. The molecule has 0 radical (unpaired) electrons. The molecular formula is C16H18O5. The third-order valence-electron chi connectivity index (χ3n) is 3.42. The van der Waals surface area contributed by atoms with Crippen molar-refractivity contribution in [1.29, 1.82) is 0 Å². The maximum Gasteiger partial charge on any atom is 0.338 e. The molecule has 5 heteroatoms. The minimum absolute atomic E-state index is 0.167. The van der Waals surface area contributed by atoms with Crippen molar-refractivity contribution < 1.29 is 24.2 Å². The number of ether oxygens (including phenoxy) is 2. The first-order chi connectivity index (χ1) is 9.97. The second-order valence-corrected chi connectivity index (χ2v) is 5.33. The quantitative estimate of drug-likeness (QED) is 0.677. The van der Waals surface area contributed by atoms with E-state index in [9.17, 15) is 14.7 Å². The zero-order chi connectivity index (χ0) is 15.5.